The smallest absolute Gasteiger partial charge is 0.281 e. The predicted octanol–water partition coefficient (Wildman–Crippen LogP) is 1.37. The van der Waals surface area contributed by atoms with E-state index in [1.54, 1.807) is 25.4 Å². The largest absolute Gasteiger partial charge is 0.365 e. The first-order valence-electron chi connectivity index (χ1n) is 7.11. The van der Waals surface area contributed by atoms with Gasteiger partial charge in [-0.15, -0.1) is 11.3 Å². The summed E-state index contributed by atoms with van der Waals surface area (Å²) in [6, 6.07) is 2.01. The summed E-state index contributed by atoms with van der Waals surface area (Å²) in [6.07, 6.45) is 3.30. The molecule has 1 atom stereocenters. The molecule has 7 nitrogen and oxygen atoms in total. The van der Waals surface area contributed by atoms with Gasteiger partial charge in [0.15, 0.2) is 0 Å². The number of nitrogens with zero attached hydrogens (tertiary/aromatic N) is 4. The second-order valence-electron chi connectivity index (χ2n) is 5.49. The zero-order chi connectivity index (χ0) is 15.7. The molecule has 0 radical (unpaired) electrons. The molecule has 0 spiro atoms. The van der Waals surface area contributed by atoms with Crippen LogP contribution in [0.15, 0.2) is 17.8 Å². The lowest BCUT2D eigenvalue weighted by Gasteiger charge is -2.34. The number of fused-ring (bicyclic) bond motifs is 1. The standard InChI is InChI=1S/C13H19N5O2S2/c1-17(2)22(19,20)18-6-3-4-10(8-18)16-13-12-11(5-7-21-12)14-9-15-13/h5,7,9-10H,3-4,6,8H2,1-2H3,(H,14,15,16)/t10-/m1/s1. The topological polar surface area (TPSA) is 78.4 Å². The molecule has 0 aliphatic carbocycles. The molecule has 2 aromatic heterocycles. The van der Waals surface area contributed by atoms with E-state index in [1.165, 1.54) is 14.9 Å². The van der Waals surface area contributed by atoms with Gasteiger partial charge in [-0.25, -0.2) is 9.97 Å². The van der Waals surface area contributed by atoms with E-state index in [1.807, 2.05) is 11.4 Å². The minimum Gasteiger partial charge on any atom is -0.365 e. The molecule has 3 rings (SSSR count). The Balaban J connectivity index is 1.77. The highest BCUT2D eigenvalue weighted by atomic mass is 32.2. The highest BCUT2D eigenvalue weighted by Crippen LogP contribution is 2.27. The summed E-state index contributed by atoms with van der Waals surface area (Å²) < 4.78 is 28.3. The average Bonchev–Trinajstić information content (AvgIpc) is 2.97. The average molecular weight is 341 g/mol. The summed E-state index contributed by atoms with van der Waals surface area (Å²) in [5.74, 6) is 0.786. The molecule has 0 bridgehead atoms. The van der Waals surface area contributed by atoms with E-state index in [0.29, 0.717) is 13.1 Å². The van der Waals surface area contributed by atoms with Crippen LogP contribution in [0.3, 0.4) is 0 Å². The Morgan fingerprint density at radius 2 is 2.23 bits per heavy atom. The molecule has 1 aliphatic rings. The molecule has 0 saturated carbocycles. The number of piperidine rings is 1. The van der Waals surface area contributed by atoms with E-state index in [4.69, 9.17) is 0 Å². The lowest BCUT2D eigenvalue weighted by Crippen LogP contribution is -2.49. The number of rotatable bonds is 4. The monoisotopic (exact) mass is 341 g/mol. The van der Waals surface area contributed by atoms with Crippen LogP contribution in [0.2, 0.25) is 0 Å². The van der Waals surface area contributed by atoms with Crippen LogP contribution in [0, 0.1) is 0 Å². The first kappa shape index (κ1) is 15.6. The summed E-state index contributed by atoms with van der Waals surface area (Å²) in [5.41, 5.74) is 0.913. The van der Waals surface area contributed by atoms with Gasteiger partial charge in [-0.05, 0) is 24.3 Å². The van der Waals surface area contributed by atoms with Crippen LogP contribution < -0.4 is 5.32 Å². The van der Waals surface area contributed by atoms with Crippen molar-refractivity contribution in [2.45, 2.75) is 18.9 Å². The van der Waals surface area contributed by atoms with Gasteiger partial charge in [0.05, 0.1) is 10.2 Å². The highest BCUT2D eigenvalue weighted by molar-refractivity contribution is 7.86. The first-order valence-corrected chi connectivity index (χ1v) is 9.38. The summed E-state index contributed by atoms with van der Waals surface area (Å²) in [6.45, 7) is 1.02. The van der Waals surface area contributed by atoms with Crippen LogP contribution in [0.5, 0.6) is 0 Å². The van der Waals surface area contributed by atoms with E-state index in [9.17, 15) is 8.42 Å². The fourth-order valence-electron chi connectivity index (χ4n) is 2.59. The van der Waals surface area contributed by atoms with Crippen LogP contribution >= 0.6 is 11.3 Å². The van der Waals surface area contributed by atoms with Crippen molar-refractivity contribution in [3.63, 3.8) is 0 Å². The quantitative estimate of drug-likeness (QED) is 0.909. The molecular weight excluding hydrogens is 322 g/mol. The van der Waals surface area contributed by atoms with Crippen LogP contribution in [0.25, 0.3) is 10.2 Å². The molecule has 1 saturated heterocycles. The van der Waals surface area contributed by atoms with E-state index >= 15 is 0 Å². The van der Waals surface area contributed by atoms with Gasteiger partial charge in [-0.1, -0.05) is 0 Å². The maximum absolute atomic E-state index is 12.3. The van der Waals surface area contributed by atoms with E-state index in [2.05, 4.69) is 15.3 Å². The van der Waals surface area contributed by atoms with E-state index < -0.39 is 10.2 Å². The van der Waals surface area contributed by atoms with Crippen molar-refractivity contribution in [2.75, 3.05) is 32.5 Å². The minimum atomic E-state index is -3.36. The second kappa shape index (κ2) is 6.07. The lowest BCUT2D eigenvalue weighted by molar-refractivity contribution is 0.308. The number of hydrogen-bond donors (Lipinski definition) is 1. The van der Waals surface area contributed by atoms with Crippen LogP contribution in [0.4, 0.5) is 5.82 Å². The van der Waals surface area contributed by atoms with Crippen molar-refractivity contribution >= 4 is 37.6 Å². The van der Waals surface area contributed by atoms with Crippen molar-refractivity contribution in [1.29, 1.82) is 0 Å². The summed E-state index contributed by atoms with van der Waals surface area (Å²) >= 11 is 1.59. The molecule has 1 aliphatic heterocycles. The van der Waals surface area contributed by atoms with Gasteiger partial charge >= 0.3 is 0 Å². The Labute approximate surface area is 134 Å². The fourth-order valence-corrected chi connectivity index (χ4v) is 4.57. The lowest BCUT2D eigenvalue weighted by atomic mass is 10.1. The molecule has 120 valence electrons. The van der Waals surface area contributed by atoms with Crippen molar-refractivity contribution in [2.24, 2.45) is 0 Å². The molecule has 22 heavy (non-hydrogen) atoms. The molecule has 2 aromatic rings. The van der Waals surface area contributed by atoms with Crippen molar-refractivity contribution in [3.05, 3.63) is 17.8 Å². The Hall–Kier alpha value is -1.29. The van der Waals surface area contributed by atoms with Crippen LogP contribution in [0.1, 0.15) is 12.8 Å². The maximum atomic E-state index is 12.3. The summed E-state index contributed by atoms with van der Waals surface area (Å²) in [7, 11) is -0.237. The number of thiophene rings is 1. The molecule has 0 aromatic carbocycles. The minimum absolute atomic E-state index is 0.0590. The van der Waals surface area contributed by atoms with Crippen LogP contribution in [-0.2, 0) is 10.2 Å². The van der Waals surface area contributed by atoms with Crippen molar-refractivity contribution in [1.82, 2.24) is 18.6 Å². The third-order valence-corrected chi connectivity index (χ3v) is 6.57. The number of nitrogens with one attached hydrogen (secondary N) is 1. The number of hydrogen-bond acceptors (Lipinski definition) is 6. The van der Waals surface area contributed by atoms with Crippen molar-refractivity contribution < 1.29 is 8.42 Å². The predicted molar refractivity (Wildman–Crippen MR) is 88.2 cm³/mol. The van der Waals surface area contributed by atoms with Crippen molar-refractivity contribution in [3.8, 4) is 0 Å². The molecule has 3 heterocycles. The van der Waals surface area contributed by atoms with Gasteiger partial charge in [0.25, 0.3) is 10.2 Å². The van der Waals surface area contributed by atoms with Gasteiger partial charge in [0.2, 0.25) is 0 Å². The van der Waals surface area contributed by atoms with E-state index in [0.717, 1.165) is 28.9 Å². The zero-order valence-electron chi connectivity index (χ0n) is 12.6. The van der Waals surface area contributed by atoms with Gasteiger partial charge < -0.3 is 5.32 Å². The summed E-state index contributed by atoms with van der Waals surface area (Å²) in [5, 5.41) is 5.37. The molecular formula is C13H19N5O2S2. The fraction of sp³-hybridized carbons (Fsp3) is 0.538. The van der Waals surface area contributed by atoms with Gasteiger partial charge in [-0.3, -0.25) is 0 Å². The molecule has 1 fully saturated rings. The summed E-state index contributed by atoms with van der Waals surface area (Å²) in [4.78, 5) is 8.52. The second-order valence-corrected chi connectivity index (χ2v) is 8.55. The molecule has 1 N–H and O–H groups in total. The third kappa shape index (κ3) is 2.94. The van der Waals surface area contributed by atoms with Gasteiger partial charge in [0.1, 0.15) is 12.1 Å². The normalized spacial score (nSPS) is 20.6. The van der Waals surface area contributed by atoms with Gasteiger partial charge in [-0.2, -0.15) is 17.0 Å². The Morgan fingerprint density at radius 3 is 3.00 bits per heavy atom. The maximum Gasteiger partial charge on any atom is 0.281 e. The molecule has 9 heteroatoms. The molecule has 0 amide bonds. The molecule has 0 unspecified atom stereocenters. The third-order valence-electron chi connectivity index (χ3n) is 3.76. The van der Waals surface area contributed by atoms with E-state index in [-0.39, 0.29) is 6.04 Å². The Kier molecular flexibility index (Phi) is 4.31. The first-order chi connectivity index (χ1) is 10.5. The highest BCUT2D eigenvalue weighted by Gasteiger charge is 2.30. The Bertz CT molecular complexity index is 759. The SMILES string of the molecule is CN(C)S(=O)(=O)N1CCC[C@@H](Nc2ncnc3ccsc23)C1. The van der Waals surface area contributed by atoms with Gasteiger partial charge in [0, 0.05) is 33.2 Å². The zero-order valence-corrected chi connectivity index (χ0v) is 14.2. The van der Waals surface area contributed by atoms with Crippen LogP contribution in [-0.4, -0.2) is 60.2 Å². The number of anilines is 1. The number of aromatic nitrogens is 2. The Morgan fingerprint density at radius 1 is 1.41 bits per heavy atom.